The predicted octanol–water partition coefficient (Wildman–Crippen LogP) is 5.82. The smallest absolute Gasteiger partial charge is 0.137 e. The fraction of sp³-hybridized carbons (Fsp3) is 0.0769. The molecule has 2 rings (SSSR count). The molecule has 5 heteroatoms. The Kier molecular flexibility index (Phi) is 4.41. The van der Waals surface area contributed by atoms with Gasteiger partial charge in [0.1, 0.15) is 11.6 Å². The maximum absolute atomic E-state index is 13.8. The van der Waals surface area contributed by atoms with Gasteiger partial charge >= 0.3 is 0 Å². The first-order chi connectivity index (χ1) is 8.50. The van der Waals surface area contributed by atoms with Crippen molar-refractivity contribution in [2.75, 3.05) is 0 Å². The molecule has 0 aromatic heterocycles. The highest BCUT2D eigenvalue weighted by atomic mass is 79.9. The molecular formula is C13H7Br2ClF2. The Labute approximate surface area is 125 Å². The van der Waals surface area contributed by atoms with Crippen LogP contribution in [0.2, 0.25) is 0 Å². The van der Waals surface area contributed by atoms with Crippen LogP contribution in [0.5, 0.6) is 0 Å². The lowest BCUT2D eigenvalue weighted by atomic mass is 10.0. The molecule has 1 unspecified atom stereocenters. The van der Waals surface area contributed by atoms with Crippen LogP contribution >= 0.6 is 43.5 Å². The average Bonchev–Trinajstić information content (AvgIpc) is 2.32. The van der Waals surface area contributed by atoms with Crippen LogP contribution in [0.1, 0.15) is 16.5 Å². The molecule has 0 saturated carbocycles. The van der Waals surface area contributed by atoms with Crippen molar-refractivity contribution in [3.05, 3.63) is 68.1 Å². The molecule has 1 atom stereocenters. The Hall–Kier alpha value is -0.450. The van der Waals surface area contributed by atoms with Crippen molar-refractivity contribution in [1.82, 2.24) is 0 Å². The maximum atomic E-state index is 13.8. The number of alkyl halides is 1. The lowest BCUT2D eigenvalue weighted by Crippen LogP contribution is -1.99. The fourth-order valence-corrected chi connectivity index (χ4v) is 3.05. The summed E-state index contributed by atoms with van der Waals surface area (Å²) in [6.07, 6.45) is 0. The summed E-state index contributed by atoms with van der Waals surface area (Å²) in [4.78, 5) is 0. The third-order valence-corrected chi connectivity index (χ3v) is 4.26. The third kappa shape index (κ3) is 2.76. The van der Waals surface area contributed by atoms with E-state index in [1.807, 2.05) is 0 Å². The van der Waals surface area contributed by atoms with Gasteiger partial charge in [-0.3, -0.25) is 0 Å². The fourth-order valence-electron chi connectivity index (χ4n) is 1.59. The van der Waals surface area contributed by atoms with Gasteiger partial charge in [-0.15, -0.1) is 11.6 Å². The van der Waals surface area contributed by atoms with Crippen molar-refractivity contribution in [3.63, 3.8) is 0 Å². The zero-order valence-electron chi connectivity index (χ0n) is 8.93. The second-order valence-corrected chi connectivity index (χ2v) is 5.82. The topological polar surface area (TPSA) is 0 Å². The van der Waals surface area contributed by atoms with Gasteiger partial charge in [0.15, 0.2) is 0 Å². The number of rotatable bonds is 2. The monoisotopic (exact) mass is 394 g/mol. The Morgan fingerprint density at radius 3 is 2.28 bits per heavy atom. The molecule has 0 amide bonds. The van der Waals surface area contributed by atoms with E-state index in [-0.39, 0.29) is 5.82 Å². The summed E-state index contributed by atoms with van der Waals surface area (Å²) in [5.41, 5.74) is 0.966. The molecular weight excluding hydrogens is 389 g/mol. The van der Waals surface area contributed by atoms with E-state index >= 15 is 0 Å². The van der Waals surface area contributed by atoms with Crippen LogP contribution in [-0.2, 0) is 0 Å². The van der Waals surface area contributed by atoms with Gasteiger partial charge in [-0.25, -0.2) is 8.78 Å². The van der Waals surface area contributed by atoms with Crippen LogP contribution in [0, 0.1) is 11.6 Å². The number of hydrogen-bond donors (Lipinski definition) is 0. The van der Waals surface area contributed by atoms with Crippen LogP contribution < -0.4 is 0 Å². The highest BCUT2D eigenvalue weighted by Crippen LogP contribution is 2.36. The standard InChI is InChI=1S/C13H7Br2ClF2/c14-8-2-1-3-11(18)12(8)13(16)7-4-5-10(17)9(15)6-7/h1-6,13H. The van der Waals surface area contributed by atoms with Crippen LogP contribution in [0.25, 0.3) is 0 Å². The molecule has 0 aliphatic carbocycles. The van der Waals surface area contributed by atoms with Crippen LogP contribution in [0.4, 0.5) is 8.78 Å². The molecule has 0 fully saturated rings. The molecule has 0 bridgehead atoms. The highest BCUT2D eigenvalue weighted by molar-refractivity contribution is 9.10. The molecule has 0 aliphatic heterocycles. The second-order valence-electron chi connectivity index (χ2n) is 3.67. The summed E-state index contributed by atoms with van der Waals surface area (Å²) < 4.78 is 27.8. The summed E-state index contributed by atoms with van der Waals surface area (Å²) in [6.45, 7) is 0. The molecule has 0 spiro atoms. The van der Waals surface area contributed by atoms with E-state index < -0.39 is 11.2 Å². The van der Waals surface area contributed by atoms with E-state index in [0.29, 0.717) is 20.1 Å². The SMILES string of the molecule is Fc1ccc(C(Cl)c2c(F)cccc2Br)cc1Br. The van der Waals surface area contributed by atoms with Crippen molar-refractivity contribution in [3.8, 4) is 0 Å². The predicted molar refractivity (Wildman–Crippen MR) is 75.9 cm³/mol. The lowest BCUT2D eigenvalue weighted by Gasteiger charge is -2.13. The molecule has 2 aromatic rings. The summed E-state index contributed by atoms with van der Waals surface area (Å²) in [5, 5.41) is -0.683. The highest BCUT2D eigenvalue weighted by Gasteiger charge is 2.19. The second kappa shape index (κ2) is 5.68. The zero-order chi connectivity index (χ0) is 13.3. The van der Waals surface area contributed by atoms with Gasteiger partial charge in [-0.1, -0.05) is 28.1 Å². The Balaban J connectivity index is 2.48. The minimum absolute atomic E-state index is 0.304. The molecule has 94 valence electrons. The van der Waals surface area contributed by atoms with E-state index in [0.717, 1.165) is 0 Å². The molecule has 0 saturated heterocycles. The number of hydrogen-bond acceptors (Lipinski definition) is 0. The maximum Gasteiger partial charge on any atom is 0.137 e. The zero-order valence-corrected chi connectivity index (χ0v) is 12.9. The first-order valence-electron chi connectivity index (χ1n) is 5.03. The van der Waals surface area contributed by atoms with Gasteiger partial charge in [0.05, 0.1) is 9.85 Å². The Morgan fingerprint density at radius 1 is 0.944 bits per heavy atom. The van der Waals surface area contributed by atoms with E-state index in [2.05, 4.69) is 31.9 Å². The number of halogens is 5. The molecule has 18 heavy (non-hydrogen) atoms. The summed E-state index contributed by atoms with van der Waals surface area (Å²) >= 11 is 12.6. The van der Waals surface area contributed by atoms with Gasteiger partial charge in [0, 0.05) is 10.0 Å². The van der Waals surface area contributed by atoms with Crippen molar-refractivity contribution in [2.45, 2.75) is 5.38 Å². The summed E-state index contributed by atoms with van der Waals surface area (Å²) in [5.74, 6) is -0.778. The Bertz CT molecular complexity index is 567. The van der Waals surface area contributed by atoms with Gasteiger partial charge in [0.2, 0.25) is 0 Å². The molecule has 0 radical (unpaired) electrons. The van der Waals surface area contributed by atoms with Gasteiger partial charge in [0.25, 0.3) is 0 Å². The minimum atomic E-state index is -0.683. The summed E-state index contributed by atoms with van der Waals surface area (Å²) in [7, 11) is 0. The van der Waals surface area contributed by atoms with E-state index in [4.69, 9.17) is 11.6 Å². The lowest BCUT2D eigenvalue weighted by molar-refractivity contribution is 0.609. The van der Waals surface area contributed by atoms with Crippen molar-refractivity contribution >= 4 is 43.5 Å². The van der Waals surface area contributed by atoms with Gasteiger partial charge in [-0.2, -0.15) is 0 Å². The van der Waals surface area contributed by atoms with E-state index in [1.165, 1.54) is 18.2 Å². The Morgan fingerprint density at radius 2 is 1.67 bits per heavy atom. The average molecular weight is 396 g/mol. The van der Waals surface area contributed by atoms with Crippen LogP contribution in [0.15, 0.2) is 45.3 Å². The minimum Gasteiger partial charge on any atom is -0.207 e. The summed E-state index contributed by atoms with van der Waals surface area (Å²) in [6, 6.07) is 9.03. The first kappa shape index (κ1) is 14.0. The quantitative estimate of drug-likeness (QED) is 0.561. The number of benzene rings is 2. The van der Waals surface area contributed by atoms with E-state index in [9.17, 15) is 8.78 Å². The van der Waals surface area contributed by atoms with Gasteiger partial charge < -0.3 is 0 Å². The van der Waals surface area contributed by atoms with Crippen LogP contribution in [0.3, 0.4) is 0 Å². The van der Waals surface area contributed by atoms with Gasteiger partial charge in [-0.05, 0) is 45.8 Å². The van der Waals surface area contributed by atoms with Crippen molar-refractivity contribution in [1.29, 1.82) is 0 Å². The van der Waals surface area contributed by atoms with Crippen molar-refractivity contribution in [2.24, 2.45) is 0 Å². The molecule has 2 aromatic carbocycles. The largest absolute Gasteiger partial charge is 0.207 e. The first-order valence-corrected chi connectivity index (χ1v) is 7.06. The van der Waals surface area contributed by atoms with Crippen molar-refractivity contribution < 1.29 is 8.78 Å². The van der Waals surface area contributed by atoms with E-state index in [1.54, 1.807) is 18.2 Å². The third-order valence-electron chi connectivity index (χ3n) is 2.49. The molecule has 0 nitrogen and oxygen atoms in total. The molecule has 0 aliphatic rings. The van der Waals surface area contributed by atoms with Crippen LogP contribution in [-0.4, -0.2) is 0 Å². The molecule has 0 heterocycles. The normalized spacial score (nSPS) is 12.5. The molecule has 0 N–H and O–H groups in total.